The number of rotatable bonds is 9. The fourth-order valence-electron chi connectivity index (χ4n) is 3.38. The second-order valence-corrected chi connectivity index (χ2v) is 6.94. The van der Waals surface area contributed by atoms with Crippen LogP contribution in [0.4, 0.5) is 0 Å². The van der Waals surface area contributed by atoms with Gasteiger partial charge in [0.2, 0.25) is 5.91 Å². The molecule has 2 atom stereocenters. The van der Waals surface area contributed by atoms with Gasteiger partial charge in [-0.25, -0.2) is 0 Å². The van der Waals surface area contributed by atoms with Gasteiger partial charge in [0.15, 0.2) is 0 Å². The normalized spacial score (nSPS) is 18.1. The molecule has 26 heavy (non-hydrogen) atoms. The molecule has 0 radical (unpaired) electrons. The van der Waals surface area contributed by atoms with Crippen LogP contribution >= 0.6 is 0 Å². The highest BCUT2D eigenvalue weighted by molar-refractivity contribution is 5.83. The number of nitrogens with one attached hydrogen (secondary N) is 1. The molecule has 138 valence electrons. The van der Waals surface area contributed by atoms with Crippen molar-refractivity contribution in [3.8, 4) is 0 Å². The lowest BCUT2D eigenvalue weighted by molar-refractivity contribution is -0.194. The van der Waals surface area contributed by atoms with Gasteiger partial charge >= 0.3 is 0 Å². The van der Waals surface area contributed by atoms with Crippen LogP contribution in [0.15, 0.2) is 60.7 Å². The second kappa shape index (κ2) is 9.51. The standard InChI is InChI=1S/C22H28N2O2/c1-18(20-12-6-3-7-13-20)9-8-16-26-24(21-14-15-23-22(21)25)17-19-10-4-2-5-11-19/h2-7,10-13,18,21H,8-9,14-17H2,1H3,(H,23,25). The van der Waals surface area contributed by atoms with Gasteiger partial charge in [0.1, 0.15) is 6.04 Å². The first-order chi connectivity index (χ1) is 12.7. The van der Waals surface area contributed by atoms with Crippen molar-refractivity contribution in [1.82, 2.24) is 10.4 Å². The third-order valence-corrected chi connectivity index (χ3v) is 4.96. The Balaban J connectivity index is 1.51. The summed E-state index contributed by atoms with van der Waals surface area (Å²) in [6.45, 7) is 4.24. The molecule has 4 heteroatoms. The van der Waals surface area contributed by atoms with Gasteiger partial charge in [-0.3, -0.25) is 9.63 Å². The van der Waals surface area contributed by atoms with Crippen LogP contribution in [-0.2, 0) is 16.2 Å². The Labute approximate surface area is 156 Å². The van der Waals surface area contributed by atoms with Gasteiger partial charge in [0.25, 0.3) is 0 Å². The molecule has 0 saturated carbocycles. The molecular formula is C22H28N2O2. The van der Waals surface area contributed by atoms with Crippen LogP contribution in [0.2, 0.25) is 0 Å². The summed E-state index contributed by atoms with van der Waals surface area (Å²) in [7, 11) is 0. The highest BCUT2D eigenvalue weighted by atomic mass is 16.7. The Morgan fingerprint density at radius 3 is 2.46 bits per heavy atom. The maximum absolute atomic E-state index is 12.1. The molecule has 2 aromatic carbocycles. The summed E-state index contributed by atoms with van der Waals surface area (Å²) >= 11 is 0. The van der Waals surface area contributed by atoms with Gasteiger partial charge in [-0.1, -0.05) is 67.6 Å². The number of hydrogen-bond acceptors (Lipinski definition) is 3. The van der Waals surface area contributed by atoms with Gasteiger partial charge in [-0.2, -0.15) is 5.06 Å². The van der Waals surface area contributed by atoms with Crippen molar-refractivity contribution in [2.24, 2.45) is 0 Å². The van der Waals surface area contributed by atoms with E-state index in [4.69, 9.17) is 4.84 Å². The largest absolute Gasteiger partial charge is 0.355 e. The molecule has 2 aromatic rings. The number of benzene rings is 2. The molecule has 1 aliphatic rings. The van der Waals surface area contributed by atoms with Gasteiger partial charge in [0.05, 0.1) is 6.61 Å². The van der Waals surface area contributed by atoms with E-state index in [1.54, 1.807) is 0 Å². The van der Waals surface area contributed by atoms with E-state index in [0.717, 1.165) is 31.4 Å². The van der Waals surface area contributed by atoms with Gasteiger partial charge in [-0.05, 0) is 36.3 Å². The molecule has 0 spiro atoms. The second-order valence-electron chi connectivity index (χ2n) is 6.94. The Bertz CT molecular complexity index is 675. The zero-order valence-electron chi connectivity index (χ0n) is 15.4. The smallest absolute Gasteiger partial charge is 0.239 e. The van der Waals surface area contributed by atoms with Crippen molar-refractivity contribution >= 4 is 5.91 Å². The van der Waals surface area contributed by atoms with Gasteiger partial charge in [-0.15, -0.1) is 0 Å². The molecule has 1 aliphatic heterocycles. The molecule has 0 aliphatic carbocycles. The van der Waals surface area contributed by atoms with E-state index < -0.39 is 0 Å². The van der Waals surface area contributed by atoms with E-state index >= 15 is 0 Å². The number of carbonyl (C=O) groups is 1. The predicted octanol–water partition coefficient (Wildman–Crippen LogP) is 3.89. The topological polar surface area (TPSA) is 41.6 Å². The number of hydrogen-bond donors (Lipinski definition) is 1. The first kappa shape index (κ1) is 18.6. The van der Waals surface area contributed by atoms with E-state index in [1.807, 2.05) is 29.3 Å². The maximum atomic E-state index is 12.1. The molecule has 1 saturated heterocycles. The zero-order valence-corrected chi connectivity index (χ0v) is 15.4. The molecule has 1 amide bonds. The lowest BCUT2D eigenvalue weighted by atomic mass is 9.97. The van der Waals surface area contributed by atoms with Gasteiger partial charge < -0.3 is 5.32 Å². The van der Waals surface area contributed by atoms with Crippen molar-refractivity contribution in [1.29, 1.82) is 0 Å². The Hall–Kier alpha value is -2.17. The third kappa shape index (κ3) is 5.16. The molecule has 1 heterocycles. The first-order valence-electron chi connectivity index (χ1n) is 9.50. The number of nitrogens with zero attached hydrogens (tertiary/aromatic N) is 1. The summed E-state index contributed by atoms with van der Waals surface area (Å²) in [5.41, 5.74) is 2.52. The summed E-state index contributed by atoms with van der Waals surface area (Å²) in [6.07, 6.45) is 2.84. The minimum absolute atomic E-state index is 0.0681. The number of amides is 1. The average Bonchev–Trinajstić information content (AvgIpc) is 3.11. The lowest BCUT2D eigenvalue weighted by Gasteiger charge is -2.26. The summed E-state index contributed by atoms with van der Waals surface area (Å²) in [5, 5.41) is 4.77. The molecular weight excluding hydrogens is 324 g/mol. The Kier molecular flexibility index (Phi) is 6.81. The van der Waals surface area contributed by atoms with Crippen LogP contribution in [-0.4, -0.2) is 30.2 Å². The van der Waals surface area contributed by atoms with Crippen LogP contribution in [0.5, 0.6) is 0 Å². The van der Waals surface area contributed by atoms with Crippen LogP contribution in [0.3, 0.4) is 0 Å². The predicted molar refractivity (Wildman–Crippen MR) is 103 cm³/mol. The van der Waals surface area contributed by atoms with Crippen molar-refractivity contribution in [3.63, 3.8) is 0 Å². The van der Waals surface area contributed by atoms with Crippen molar-refractivity contribution in [2.75, 3.05) is 13.2 Å². The zero-order chi connectivity index (χ0) is 18.2. The number of hydroxylamine groups is 2. The number of carbonyl (C=O) groups excluding carboxylic acids is 1. The molecule has 4 nitrogen and oxygen atoms in total. The van der Waals surface area contributed by atoms with Crippen LogP contribution in [0, 0.1) is 0 Å². The summed E-state index contributed by atoms with van der Waals surface area (Å²) in [6, 6.07) is 20.6. The van der Waals surface area contributed by atoms with Crippen molar-refractivity contribution in [3.05, 3.63) is 71.8 Å². The highest BCUT2D eigenvalue weighted by Gasteiger charge is 2.31. The van der Waals surface area contributed by atoms with E-state index in [0.29, 0.717) is 19.1 Å². The monoisotopic (exact) mass is 352 g/mol. The van der Waals surface area contributed by atoms with Crippen LogP contribution < -0.4 is 5.32 Å². The first-order valence-corrected chi connectivity index (χ1v) is 9.50. The quantitative estimate of drug-likeness (QED) is 0.550. The van der Waals surface area contributed by atoms with Crippen molar-refractivity contribution < 1.29 is 9.63 Å². The highest BCUT2D eigenvalue weighted by Crippen LogP contribution is 2.21. The maximum Gasteiger partial charge on any atom is 0.239 e. The lowest BCUT2D eigenvalue weighted by Crippen LogP contribution is -2.40. The molecule has 0 aromatic heterocycles. The van der Waals surface area contributed by atoms with E-state index in [9.17, 15) is 4.79 Å². The molecule has 1 fully saturated rings. The average molecular weight is 352 g/mol. The van der Waals surface area contributed by atoms with Crippen molar-refractivity contribution in [2.45, 2.75) is 44.7 Å². The Morgan fingerprint density at radius 2 is 1.81 bits per heavy atom. The minimum atomic E-state index is -0.193. The summed E-state index contributed by atoms with van der Waals surface area (Å²) in [5.74, 6) is 0.579. The summed E-state index contributed by atoms with van der Waals surface area (Å²) < 4.78 is 0. The fraction of sp³-hybridized carbons (Fsp3) is 0.409. The minimum Gasteiger partial charge on any atom is -0.355 e. The van der Waals surface area contributed by atoms with Crippen LogP contribution in [0.25, 0.3) is 0 Å². The fourth-order valence-corrected chi connectivity index (χ4v) is 3.38. The molecule has 0 bridgehead atoms. The van der Waals surface area contributed by atoms with E-state index in [1.165, 1.54) is 5.56 Å². The molecule has 2 unspecified atom stereocenters. The Morgan fingerprint density at radius 1 is 1.12 bits per heavy atom. The molecule has 3 rings (SSSR count). The third-order valence-electron chi connectivity index (χ3n) is 4.96. The van der Waals surface area contributed by atoms with Gasteiger partial charge in [0, 0.05) is 13.1 Å². The molecule has 1 N–H and O–H groups in total. The van der Waals surface area contributed by atoms with Crippen LogP contribution in [0.1, 0.15) is 43.2 Å². The summed E-state index contributed by atoms with van der Waals surface area (Å²) in [4.78, 5) is 18.2. The van der Waals surface area contributed by atoms with E-state index in [-0.39, 0.29) is 11.9 Å². The SMILES string of the molecule is CC(CCCON(Cc1ccccc1)C1CCNC1=O)c1ccccc1. The van der Waals surface area contributed by atoms with E-state index in [2.05, 4.69) is 48.6 Å².